The molecule has 1 rings (SSSR count). The molecule has 92 valence electrons. The summed E-state index contributed by atoms with van der Waals surface area (Å²) in [6.45, 7) is 1.76. The summed E-state index contributed by atoms with van der Waals surface area (Å²) in [5, 5.41) is 0. The predicted molar refractivity (Wildman–Crippen MR) is 64.0 cm³/mol. The van der Waals surface area contributed by atoms with Crippen LogP contribution < -0.4 is 34.0 Å². The monoisotopic (exact) mass is 238 g/mol. The molecule has 0 spiro atoms. The number of nitrogens with two attached hydrogens (primary N) is 4. The number of aromatic nitrogens is 2. The molecule has 0 bridgehead atoms. The fraction of sp³-hybridized carbons (Fsp3) is 0.143. The van der Waals surface area contributed by atoms with Crippen molar-refractivity contribution in [2.45, 2.75) is 6.92 Å². The van der Waals surface area contributed by atoms with Crippen LogP contribution in [0.15, 0.2) is 16.2 Å². The van der Waals surface area contributed by atoms with Gasteiger partial charge in [0, 0.05) is 11.8 Å². The van der Waals surface area contributed by atoms with Gasteiger partial charge in [-0.15, -0.1) is 0 Å². The molecule has 0 fully saturated rings. The first-order chi connectivity index (χ1) is 8.06. The van der Waals surface area contributed by atoms with Gasteiger partial charge in [0.25, 0.3) is 5.95 Å². The first-order valence-electron chi connectivity index (χ1n) is 4.52. The van der Waals surface area contributed by atoms with E-state index < -0.39 is 0 Å². The van der Waals surface area contributed by atoms with Crippen molar-refractivity contribution in [2.75, 3.05) is 0 Å². The van der Waals surface area contributed by atoms with Gasteiger partial charge in [-0.2, -0.15) is 15.0 Å². The molecule has 0 aliphatic heterocycles. The van der Waals surface area contributed by atoms with Gasteiger partial charge in [0.2, 0.25) is 11.9 Å². The molecule has 0 amide bonds. The largest absolute Gasteiger partial charge is 0.369 e. The number of guanidine groups is 2. The second kappa shape index (κ2) is 5.58. The topological polar surface area (TPSA) is 179 Å². The molecule has 10 nitrogen and oxygen atoms in total. The third-order valence-corrected chi connectivity index (χ3v) is 1.67. The predicted octanol–water partition coefficient (Wildman–Crippen LogP) is -2.40. The highest BCUT2D eigenvalue weighted by Gasteiger charge is 2.03. The second-order valence-electron chi connectivity index (χ2n) is 2.96. The minimum absolute atomic E-state index is 0.0197. The summed E-state index contributed by atoms with van der Waals surface area (Å²) in [6.07, 6.45) is 1.53. The zero-order valence-corrected chi connectivity index (χ0v) is 9.18. The van der Waals surface area contributed by atoms with Crippen molar-refractivity contribution in [1.29, 1.82) is 0 Å². The molecule has 1 aromatic heterocycles. The van der Waals surface area contributed by atoms with Crippen LogP contribution in [-0.4, -0.2) is 21.9 Å². The second-order valence-corrected chi connectivity index (χ2v) is 2.96. The standard InChI is InChI=1S/C7H14N10/c1-3-2-12-7(15-6(9)17-11)14-4(3)13-5(8)16-10/h2H,10-11H2,1H3,(H6,8,9,12,13,14,15,16,17). The molecule has 0 atom stereocenters. The molecule has 1 heterocycles. The first kappa shape index (κ1) is 12.6. The van der Waals surface area contributed by atoms with Gasteiger partial charge >= 0.3 is 0 Å². The van der Waals surface area contributed by atoms with Crippen LogP contribution >= 0.6 is 0 Å². The third kappa shape index (κ3) is 3.55. The maximum atomic E-state index is 5.41. The SMILES string of the molecule is Cc1cnc(/N=C(\N)NN)nc1N=C(N)NN. The minimum Gasteiger partial charge on any atom is -0.369 e. The number of hydrogen-bond acceptors (Lipinski definition) is 6. The van der Waals surface area contributed by atoms with Crippen molar-refractivity contribution in [2.24, 2.45) is 33.1 Å². The van der Waals surface area contributed by atoms with E-state index in [-0.39, 0.29) is 17.9 Å². The lowest BCUT2D eigenvalue weighted by Crippen LogP contribution is -2.37. The van der Waals surface area contributed by atoms with Gasteiger partial charge < -0.3 is 11.5 Å². The van der Waals surface area contributed by atoms with Gasteiger partial charge in [-0.1, -0.05) is 0 Å². The Hall–Kier alpha value is -2.46. The van der Waals surface area contributed by atoms with Crippen molar-refractivity contribution in [3.05, 3.63) is 11.8 Å². The maximum Gasteiger partial charge on any atom is 0.254 e. The number of nitrogens with one attached hydrogen (secondary N) is 2. The molecule has 0 aromatic carbocycles. The Balaban J connectivity index is 3.11. The zero-order chi connectivity index (χ0) is 12.8. The number of rotatable bonds is 2. The normalized spacial score (nSPS) is 12.4. The molecule has 17 heavy (non-hydrogen) atoms. The number of aryl methyl sites for hydroxylation is 1. The summed E-state index contributed by atoms with van der Waals surface area (Å²) in [5.74, 6) is 10.6. The lowest BCUT2D eigenvalue weighted by atomic mass is 10.3. The first-order valence-corrected chi connectivity index (χ1v) is 4.52. The van der Waals surface area contributed by atoms with Gasteiger partial charge in [0.1, 0.15) is 0 Å². The average molecular weight is 238 g/mol. The molecule has 1 aromatic rings. The highest BCUT2D eigenvalue weighted by Crippen LogP contribution is 2.16. The molecule has 0 aliphatic rings. The van der Waals surface area contributed by atoms with Crippen LogP contribution in [-0.2, 0) is 0 Å². The number of hydrazine groups is 2. The molecule has 10 N–H and O–H groups in total. The Labute approximate surface area is 97.2 Å². The van der Waals surface area contributed by atoms with Gasteiger partial charge in [0.05, 0.1) is 0 Å². The molecule has 0 aliphatic carbocycles. The Kier molecular flexibility index (Phi) is 4.14. The van der Waals surface area contributed by atoms with E-state index in [1.54, 1.807) is 6.92 Å². The highest BCUT2D eigenvalue weighted by atomic mass is 15.3. The highest BCUT2D eigenvalue weighted by molar-refractivity contribution is 5.81. The quantitative estimate of drug-likeness (QED) is 0.143. The van der Waals surface area contributed by atoms with Crippen LogP contribution in [0.5, 0.6) is 0 Å². The fourth-order valence-corrected chi connectivity index (χ4v) is 0.877. The molecular formula is C7H14N10. The van der Waals surface area contributed by atoms with E-state index in [1.165, 1.54) is 6.20 Å². The van der Waals surface area contributed by atoms with E-state index in [0.717, 1.165) is 0 Å². The Morgan fingerprint density at radius 2 is 1.76 bits per heavy atom. The summed E-state index contributed by atoms with van der Waals surface area (Å²) < 4.78 is 0. The van der Waals surface area contributed by atoms with Crippen molar-refractivity contribution < 1.29 is 0 Å². The molecule has 0 radical (unpaired) electrons. The molecule has 0 saturated heterocycles. The van der Waals surface area contributed by atoms with Gasteiger partial charge in [0.15, 0.2) is 5.82 Å². The van der Waals surface area contributed by atoms with E-state index in [0.29, 0.717) is 11.4 Å². The van der Waals surface area contributed by atoms with Gasteiger partial charge in [-0.3, -0.25) is 10.9 Å². The van der Waals surface area contributed by atoms with Crippen molar-refractivity contribution in [1.82, 2.24) is 20.8 Å². The number of hydrogen-bond donors (Lipinski definition) is 6. The van der Waals surface area contributed by atoms with E-state index >= 15 is 0 Å². The number of nitrogens with zero attached hydrogens (tertiary/aromatic N) is 4. The van der Waals surface area contributed by atoms with Crippen molar-refractivity contribution in [3.63, 3.8) is 0 Å². The summed E-state index contributed by atoms with van der Waals surface area (Å²) in [5.41, 5.74) is 15.8. The zero-order valence-electron chi connectivity index (χ0n) is 9.18. The minimum atomic E-state index is -0.0197. The summed E-state index contributed by atoms with van der Waals surface area (Å²) in [6, 6.07) is 0. The summed E-state index contributed by atoms with van der Waals surface area (Å²) in [4.78, 5) is 15.6. The van der Waals surface area contributed by atoms with Crippen LogP contribution in [0.1, 0.15) is 5.56 Å². The average Bonchev–Trinajstić information content (AvgIpc) is 2.33. The van der Waals surface area contributed by atoms with Crippen LogP contribution in [0.2, 0.25) is 0 Å². The van der Waals surface area contributed by atoms with E-state index in [4.69, 9.17) is 23.2 Å². The molecule has 0 saturated carbocycles. The lowest BCUT2D eigenvalue weighted by Gasteiger charge is -2.02. The summed E-state index contributed by atoms with van der Waals surface area (Å²) >= 11 is 0. The smallest absolute Gasteiger partial charge is 0.254 e. The molecular weight excluding hydrogens is 224 g/mol. The van der Waals surface area contributed by atoms with Crippen LogP contribution in [0.4, 0.5) is 11.8 Å². The molecule has 0 unspecified atom stereocenters. The Bertz CT molecular complexity index is 450. The van der Waals surface area contributed by atoms with Crippen molar-refractivity contribution >= 4 is 23.7 Å². The van der Waals surface area contributed by atoms with Crippen LogP contribution in [0.3, 0.4) is 0 Å². The van der Waals surface area contributed by atoms with E-state index in [9.17, 15) is 0 Å². The van der Waals surface area contributed by atoms with Crippen LogP contribution in [0.25, 0.3) is 0 Å². The number of aliphatic imine (C=N–C) groups is 2. The Morgan fingerprint density at radius 1 is 1.18 bits per heavy atom. The molecule has 10 heteroatoms. The fourth-order valence-electron chi connectivity index (χ4n) is 0.877. The maximum absolute atomic E-state index is 5.41. The van der Waals surface area contributed by atoms with Crippen LogP contribution in [0, 0.1) is 6.92 Å². The summed E-state index contributed by atoms with van der Waals surface area (Å²) in [7, 11) is 0. The van der Waals surface area contributed by atoms with Gasteiger partial charge in [-0.25, -0.2) is 16.7 Å². The van der Waals surface area contributed by atoms with Gasteiger partial charge in [-0.05, 0) is 6.92 Å². The third-order valence-electron chi connectivity index (χ3n) is 1.67. The Morgan fingerprint density at radius 3 is 2.35 bits per heavy atom. The lowest BCUT2D eigenvalue weighted by molar-refractivity contribution is 0.984. The van der Waals surface area contributed by atoms with E-state index in [2.05, 4.69) is 30.8 Å². The van der Waals surface area contributed by atoms with Crippen molar-refractivity contribution in [3.8, 4) is 0 Å². The van der Waals surface area contributed by atoms with E-state index in [1.807, 2.05) is 0 Å².